The van der Waals surface area contributed by atoms with Crippen molar-refractivity contribution in [3.8, 4) is 0 Å². The first-order valence-corrected chi connectivity index (χ1v) is 8.02. The van der Waals surface area contributed by atoms with Crippen molar-refractivity contribution in [3.05, 3.63) is 34.6 Å². The van der Waals surface area contributed by atoms with E-state index in [0.29, 0.717) is 6.04 Å². The third-order valence-corrected chi connectivity index (χ3v) is 4.77. The Balaban J connectivity index is 2.21. The monoisotopic (exact) mass is 313 g/mol. The van der Waals surface area contributed by atoms with Crippen LogP contribution in [0.4, 0.5) is 0 Å². The Bertz CT molecular complexity index is 555. The molecule has 0 aliphatic rings. The summed E-state index contributed by atoms with van der Waals surface area (Å²) in [5.41, 5.74) is 1.12. The summed E-state index contributed by atoms with van der Waals surface area (Å²) in [6, 6.07) is 6.40. The molecule has 1 N–H and O–H groups in total. The molecule has 0 spiro atoms. The summed E-state index contributed by atoms with van der Waals surface area (Å²) in [7, 11) is 0. The van der Waals surface area contributed by atoms with Gasteiger partial charge in [0.25, 0.3) is 0 Å². The van der Waals surface area contributed by atoms with Crippen LogP contribution in [0.3, 0.4) is 0 Å². The van der Waals surface area contributed by atoms with E-state index in [1.807, 2.05) is 19.1 Å². The molecule has 102 valence electrons. The molecule has 0 aliphatic carbocycles. The van der Waals surface area contributed by atoms with Crippen LogP contribution < -0.4 is 5.32 Å². The van der Waals surface area contributed by atoms with Gasteiger partial charge >= 0.3 is 0 Å². The number of aromatic nitrogens is 2. The average Bonchev–Trinajstić information content (AvgIpc) is 2.74. The second-order valence-corrected chi connectivity index (χ2v) is 6.91. The Kier molecular flexibility index (Phi) is 5.21. The highest BCUT2D eigenvalue weighted by Gasteiger charge is 2.11. The van der Waals surface area contributed by atoms with Gasteiger partial charge in [-0.25, -0.2) is 4.98 Å². The SMILES string of the molecule is Cc1nsc(Sc2cccc(Cl)c2CNC(C)C)n1. The number of hydrogen-bond acceptors (Lipinski definition) is 5. The van der Waals surface area contributed by atoms with Crippen LogP contribution >= 0.6 is 34.9 Å². The first kappa shape index (κ1) is 14.8. The largest absolute Gasteiger partial charge is 0.310 e. The minimum atomic E-state index is 0.429. The summed E-state index contributed by atoms with van der Waals surface area (Å²) in [4.78, 5) is 5.51. The highest BCUT2D eigenvalue weighted by Crippen LogP contribution is 2.34. The van der Waals surface area contributed by atoms with Crippen molar-refractivity contribution < 1.29 is 0 Å². The minimum absolute atomic E-state index is 0.429. The topological polar surface area (TPSA) is 37.8 Å². The van der Waals surface area contributed by atoms with Crippen molar-refractivity contribution in [2.75, 3.05) is 0 Å². The molecule has 1 aromatic carbocycles. The maximum absolute atomic E-state index is 6.30. The highest BCUT2D eigenvalue weighted by atomic mass is 35.5. The lowest BCUT2D eigenvalue weighted by Crippen LogP contribution is -2.22. The number of nitrogens with zero attached hydrogens (tertiary/aromatic N) is 2. The standard InChI is InChI=1S/C13H16ClN3S2/c1-8(2)15-7-10-11(14)5-4-6-12(10)18-13-16-9(3)17-19-13/h4-6,8,15H,7H2,1-3H3. The molecule has 2 rings (SSSR count). The molecule has 1 heterocycles. The third kappa shape index (κ3) is 4.18. The molecular formula is C13H16ClN3S2. The first-order valence-electron chi connectivity index (χ1n) is 6.05. The molecule has 0 atom stereocenters. The summed E-state index contributed by atoms with van der Waals surface area (Å²) < 4.78 is 5.15. The minimum Gasteiger partial charge on any atom is -0.310 e. The predicted octanol–water partition coefficient (Wildman–Crippen LogP) is 4.15. The lowest BCUT2D eigenvalue weighted by molar-refractivity contribution is 0.585. The van der Waals surface area contributed by atoms with Gasteiger partial charge in [-0.2, -0.15) is 4.37 Å². The summed E-state index contributed by atoms with van der Waals surface area (Å²) in [5, 5.41) is 4.19. The molecule has 0 saturated heterocycles. The molecule has 3 nitrogen and oxygen atoms in total. The summed E-state index contributed by atoms with van der Waals surface area (Å²) in [6.07, 6.45) is 0. The Hall–Kier alpha value is -0.620. The second kappa shape index (κ2) is 6.70. The lowest BCUT2D eigenvalue weighted by atomic mass is 10.2. The highest BCUT2D eigenvalue weighted by molar-refractivity contribution is 8.01. The van der Waals surface area contributed by atoms with Crippen molar-refractivity contribution in [1.29, 1.82) is 0 Å². The van der Waals surface area contributed by atoms with Crippen LogP contribution in [0.15, 0.2) is 27.4 Å². The lowest BCUT2D eigenvalue weighted by Gasteiger charge is -2.13. The van der Waals surface area contributed by atoms with Crippen molar-refractivity contribution in [3.63, 3.8) is 0 Å². The van der Waals surface area contributed by atoms with Gasteiger partial charge in [-0.1, -0.05) is 43.3 Å². The van der Waals surface area contributed by atoms with Gasteiger partial charge in [-0.15, -0.1) is 0 Å². The van der Waals surface area contributed by atoms with Crippen molar-refractivity contribution >= 4 is 34.9 Å². The molecular weight excluding hydrogens is 298 g/mol. The number of benzene rings is 1. The van der Waals surface area contributed by atoms with Crippen LogP contribution in [0, 0.1) is 6.92 Å². The van der Waals surface area contributed by atoms with Gasteiger partial charge < -0.3 is 5.32 Å². The normalized spacial score (nSPS) is 11.2. The molecule has 1 aromatic heterocycles. The Morgan fingerprint density at radius 3 is 2.84 bits per heavy atom. The number of rotatable bonds is 5. The van der Waals surface area contributed by atoms with Crippen molar-refractivity contribution in [2.24, 2.45) is 0 Å². The fourth-order valence-electron chi connectivity index (χ4n) is 1.53. The zero-order chi connectivity index (χ0) is 13.8. The Labute approximate surface area is 127 Å². The van der Waals surface area contributed by atoms with Crippen molar-refractivity contribution in [1.82, 2.24) is 14.7 Å². The fraction of sp³-hybridized carbons (Fsp3) is 0.385. The molecule has 0 radical (unpaired) electrons. The number of aryl methyl sites for hydroxylation is 1. The fourth-order valence-corrected chi connectivity index (χ4v) is 3.60. The van der Waals surface area contributed by atoms with Gasteiger partial charge in [-0.05, 0) is 36.2 Å². The van der Waals surface area contributed by atoms with E-state index in [-0.39, 0.29) is 0 Å². The first-order chi connectivity index (χ1) is 9.06. The van der Waals surface area contributed by atoms with E-state index in [1.165, 1.54) is 11.5 Å². The van der Waals surface area contributed by atoms with Crippen LogP contribution in [-0.4, -0.2) is 15.4 Å². The van der Waals surface area contributed by atoms with Crippen molar-refractivity contribution in [2.45, 2.75) is 42.6 Å². The van der Waals surface area contributed by atoms with Crippen LogP contribution in [0.5, 0.6) is 0 Å². The maximum atomic E-state index is 6.30. The zero-order valence-corrected chi connectivity index (χ0v) is 13.5. The molecule has 0 saturated carbocycles. The van der Waals surface area contributed by atoms with Gasteiger partial charge in [0.1, 0.15) is 5.82 Å². The molecule has 0 unspecified atom stereocenters. The Morgan fingerprint density at radius 2 is 2.21 bits per heavy atom. The number of halogens is 1. The van der Waals surface area contributed by atoms with Gasteiger partial charge in [0.05, 0.1) is 0 Å². The maximum Gasteiger partial charge on any atom is 0.174 e. The van der Waals surface area contributed by atoms with Crippen LogP contribution in [0.1, 0.15) is 25.2 Å². The summed E-state index contributed by atoms with van der Waals surface area (Å²) in [5.74, 6) is 0.816. The van der Waals surface area contributed by atoms with E-state index < -0.39 is 0 Å². The van der Waals surface area contributed by atoms with E-state index in [0.717, 1.165) is 32.2 Å². The zero-order valence-electron chi connectivity index (χ0n) is 11.1. The van der Waals surface area contributed by atoms with E-state index in [9.17, 15) is 0 Å². The van der Waals surface area contributed by atoms with Gasteiger partial charge in [0.2, 0.25) is 0 Å². The number of nitrogens with one attached hydrogen (secondary N) is 1. The average molecular weight is 314 g/mol. The Morgan fingerprint density at radius 1 is 1.42 bits per heavy atom. The second-order valence-electron chi connectivity index (χ2n) is 4.46. The molecule has 0 amide bonds. The smallest absolute Gasteiger partial charge is 0.174 e. The van der Waals surface area contributed by atoms with E-state index in [1.54, 1.807) is 11.8 Å². The molecule has 0 aliphatic heterocycles. The number of hydrogen-bond donors (Lipinski definition) is 1. The van der Waals surface area contributed by atoms with E-state index in [4.69, 9.17) is 11.6 Å². The summed E-state index contributed by atoms with van der Waals surface area (Å²) in [6.45, 7) is 6.91. The van der Waals surface area contributed by atoms with Gasteiger partial charge in [0.15, 0.2) is 4.34 Å². The quantitative estimate of drug-likeness (QED) is 0.900. The molecule has 0 bridgehead atoms. The predicted molar refractivity (Wildman–Crippen MR) is 82.2 cm³/mol. The summed E-state index contributed by atoms with van der Waals surface area (Å²) >= 11 is 9.34. The molecule has 0 fully saturated rings. The molecule has 2 aromatic rings. The molecule has 6 heteroatoms. The van der Waals surface area contributed by atoms with Crippen LogP contribution in [-0.2, 0) is 6.54 Å². The van der Waals surface area contributed by atoms with Gasteiger partial charge in [-0.3, -0.25) is 0 Å². The van der Waals surface area contributed by atoms with Crippen LogP contribution in [0.2, 0.25) is 5.02 Å². The third-order valence-electron chi connectivity index (χ3n) is 2.47. The molecule has 19 heavy (non-hydrogen) atoms. The van der Waals surface area contributed by atoms with Crippen LogP contribution in [0.25, 0.3) is 0 Å². The van der Waals surface area contributed by atoms with E-state index >= 15 is 0 Å². The van der Waals surface area contributed by atoms with Gasteiger partial charge in [0, 0.05) is 22.5 Å². The van der Waals surface area contributed by atoms with E-state index in [2.05, 4.69) is 34.6 Å².